The molecular formula is C14H27N3O. The van der Waals surface area contributed by atoms with E-state index >= 15 is 0 Å². The smallest absolute Gasteiger partial charge is 0.138 e. The molecule has 1 rings (SSSR count). The number of aryl methyl sites for hydroxylation is 2. The van der Waals surface area contributed by atoms with Crippen molar-refractivity contribution in [1.29, 1.82) is 0 Å². The summed E-state index contributed by atoms with van der Waals surface area (Å²) in [5, 5.41) is 4.02. The monoisotopic (exact) mass is 253 g/mol. The molecule has 104 valence electrons. The standard InChI is InChI=1S/C14H27N3O/c1-6-7-17(10-14(4,5)9-15)8-13-11(2)16-18-12(13)3/h6-10,15H2,1-5H3. The summed E-state index contributed by atoms with van der Waals surface area (Å²) in [4.78, 5) is 2.44. The van der Waals surface area contributed by atoms with Crippen LogP contribution in [-0.2, 0) is 6.54 Å². The highest BCUT2D eigenvalue weighted by Crippen LogP contribution is 2.20. The molecule has 0 atom stereocenters. The number of hydrogen-bond acceptors (Lipinski definition) is 4. The van der Waals surface area contributed by atoms with Gasteiger partial charge >= 0.3 is 0 Å². The molecule has 4 heteroatoms. The summed E-state index contributed by atoms with van der Waals surface area (Å²) < 4.78 is 5.23. The molecule has 0 fully saturated rings. The minimum Gasteiger partial charge on any atom is -0.361 e. The van der Waals surface area contributed by atoms with Crippen LogP contribution in [-0.4, -0.2) is 29.7 Å². The number of nitrogens with two attached hydrogens (primary N) is 1. The Labute approximate surface area is 111 Å². The van der Waals surface area contributed by atoms with Crippen LogP contribution in [0.2, 0.25) is 0 Å². The molecule has 18 heavy (non-hydrogen) atoms. The maximum atomic E-state index is 5.83. The number of rotatable bonds is 7. The highest BCUT2D eigenvalue weighted by Gasteiger charge is 2.21. The quantitative estimate of drug-likeness (QED) is 0.811. The van der Waals surface area contributed by atoms with Gasteiger partial charge in [-0.05, 0) is 38.8 Å². The van der Waals surface area contributed by atoms with Crippen LogP contribution in [0, 0.1) is 19.3 Å². The summed E-state index contributed by atoms with van der Waals surface area (Å²) in [5.74, 6) is 0.930. The number of nitrogens with zero attached hydrogens (tertiary/aromatic N) is 2. The molecule has 0 unspecified atom stereocenters. The van der Waals surface area contributed by atoms with Gasteiger partial charge in [0.25, 0.3) is 0 Å². The van der Waals surface area contributed by atoms with E-state index in [9.17, 15) is 0 Å². The lowest BCUT2D eigenvalue weighted by Crippen LogP contribution is -2.39. The summed E-state index contributed by atoms with van der Waals surface area (Å²) >= 11 is 0. The third-order valence-corrected chi connectivity index (χ3v) is 3.31. The molecule has 1 heterocycles. The van der Waals surface area contributed by atoms with Gasteiger partial charge in [0.2, 0.25) is 0 Å². The summed E-state index contributed by atoms with van der Waals surface area (Å²) in [7, 11) is 0. The predicted octanol–water partition coefficient (Wildman–Crippen LogP) is 2.49. The van der Waals surface area contributed by atoms with Crippen LogP contribution < -0.4 is 5.73 Å². The van der Waals surface area contributed by atoms with Gasteiger partial charge in [-0.3, -0.25) is 4.90 Å². The molecule has 0 aliphatic rings. The molecule has 0 saturated heterocycles. The van der Waals surface area contributed by atoms with Gasteiger partial charge in [-0.25, -0.2) is 0 Å². The molecule has 0 amide bonds. The van der Waals surface area contributed by atoms with Crippen LogP contribution in [0.5, 0.6) is 0 Å². The first kappa shape index (κ1) is 15.2. The summed E-state index contributed by atoms with van der Waals surface area (Å²) in [5.41, 5.74) is 8.19. The van der Waals surface area contributed by atoms with E-state index in [2.05, 4.69) is 30.8 Å². The van der Waals surface area contributed by atoms with Crippen molar-refractivity contribution < 1.29 is 4.52 Å². The van der Waals surface area contributed by atoms with Crippen LogP contribution in [0.15, 0.2) is 4.52 Å². The highest BCUT2D eigenvalue weighted by molar-refractivity contribution is 5.20. The van der Waals surface area contributed by atoms with Crippen molar-refractivity contribution in [2.75, 3.05) is 19.6 Å². The Kier molecular flexibility index (Phi) is 5.35. The highest BCUT2D eigenvalue weighted by atomic mass is 16.5. The number of hydrogen-bond donors (Lipinski definition) is 1. The molecule has 0 bridgehead atoms. The molecule has 4 nitrogen and oxygen atoms in total. The van der Waals surface area contributed by atoms with Gasteiger partial charge in [0.15, 0.2) is 0 Å². The Hall–Kier alpha value is -0.870. The average molecular weight is 253 g/mol. The average Bonchev–Trinajstić information content (AvgIpc) is 2.61. The zero-order valence-corrected chi connectivity index (χ0v) is 12.4. The molecule has 0 aliphatic heterocycles. The van der Waals surface area contributed by atoms with Crippen molar-refractivity contribution in [2.24, 2.45) is 11.1 Å². The molecular weight excluding hydrogens is 226 g/mol. The van der Waals surface area contributed by atoms with E-state index in [0.29, 0.717) is 6.54 Å². The van der Waals surface area contributed by atoms with E-state index < -0.39 is 0 Å². The van der Waals surface area contributed by atoms with Crippen molar-refractivity contribution in [3.8, 4) is 0 Å². The second-order valence-corrected chi connectivity index (χ2v) is 5.88. The Bertz CT molecular complexity index is 352. The van der Waals surface area contributed by atoms with E-state index in [-0.39, 0.29) is 5.41 Å². The zero-order chi connectivity index (χ0) is 13.8. The normalized spacial score (nSPS) is 12.4. The van der Waals surface area contributed by atoms with Crippen LogP contribution >= 0.6 is 0 Å². The molecule has 1 aromatic heterocycles. The second kappa shape index (κ2) is 6.34. The summed E-state index contributed by atoms with van der Waals surface area (Å²) in [6.45, 7) is 14.3. The first-order chi connectivity index (χ1) is 8.39. The molecule has 0 saturated carbocycles. The van der Waals surface area contributed by atoms with E-state index in [1.54, 1.807) is 0 Å². The Morgan fingerprint density at radius 1 is 1.33 bits per heavy atom. The molecule has 0 spiro atoms. The lowest BCUT2D eigenvalue weighted by molar-refractivity contribution is 0.175. The summed E-state index contributed by atoms with van der Waals surface area (Å²) in [6.07, 6.45) is 1.14. The van der Waals surface area contributed by atoms with Gasteiger partial charge < -0.3 is 10.3 Å². The number of aromatic nitrogens is 1. The molecule has 2 N–H and O–H groups in total. The van der Waals surface area contributed by atoms with Crippen LogP contribution in [0.1, 0.15) is 44.2 Å². The maximum absolute atomic E-state index is 5.83. The zero-order valence-electron chi connectivity index (χ0n) is 12.4. The second-order valence-electron chi connectivity index (χ2n) is 5.88. The first-order valence-electron chi connectivity index (χ1n) is 6.74. The van der Waals surface area contributed by atoms with E-state index in [1.165, 1.54) is 5.56 Å². The van der Waals surface area contributed by atoms with Gasteiger partial charge in [-0.1, -0.05) is 25.9 Å². The lowest BCUT2D eigenvalue weighted by Gasteiger charge is -2.31. The van der Waals surface area contributed by atoms with Gasteiger partial charge in [0.05, 0.1) is 5.69 Å². The minimum atomic E-state index is 0.147. The maximum Gasteiger partial charge on any atom is 0.138 e. The Morgan fingerprint density at radius 3 is 2.44 bits per heavy atom. The topological polar surface area (TPSA) is 55.3 Å². The van der Waals surface area contributed by atoms with Crippen LogP contribution in [0.4, 0.5) is 0 Å². The van der Waals surface area contributed by atoms with Crippen molar-refractivity contribution >= 4 is 0 Å². The van der Waals surface area contributed by atoms with Crippen molar-refractivity contribution in [2.45, 2.75) is 47.6 Å². The van der Waals surface area contributed by atoms with E-state index in [1.807, 2.05) is 13.8 Å². The fraction of sp³-hybridized carbons (Fsp3) is 0.786. The molecule has 1 aromatic rings. The lowest BCUT2D eigenvalue weighted by atomic mass is 9.92. The van der Waals surface area contributed by atoms with E-state index in [4.69, 9.17) is 10.3 Å². The minimum absolute atomic E-state index is 0.147. The third-order valence-electron chi connectivity index (χ3n) is 3.31. The SMILES string of the molecule is CCCN(Cc1c(C)noc1C)CC(C)(C)CN. The van der Waals surface area contributed by atoms with E-state index in [0.717, 1.165) is 37.5 Å². The predicted molar refractivity (Wildman–Crippen MR) is 74.4 cm³/mol. The molecule has 0 radical (unpaired) electrons. The van der Waals surface area contributed by atoms with Gasteiger partial charge in [-0.2, -0.15) is 0 Å². The van der Waals surface area contributed by atoms with Gasteiger partial charge in [0, 0.05) is 18.7 Å². The first-order valence-corrected chi connectivity index (χ1v) is 6.74. The fourth-order valence-corrected chi connectivity index (χ4v) is 2.15. The van der Waals surface area contributed by atoms with Crippen molar-refractivity contribution in [1.82, 2.24) is 10.1 Å². The fourth-order valence-electron chi connectivity index (χ4n) is 2.15. The largest absolute Gasteiger partial charge is 0.361 e. The Balaban J connectivity index is 2.74. The Morgan fingerprint density at radius 2 is 2.00 bits per heavy atom. The van der Waals surface area contributed by atoms with Crippen LogP contribution in [0.3, 0.4) is 0 Å². The molecule has 0 aromatic carbocycles. The van der Waals surface area contributed by atoms with Crippen molar-refractivity contribution in [3.63, 3.8) is 0 Å². The van der Waals surface area contributed by atoms with Gasteiger partial charge in [0.1, 0.15) is 5.76 Å². The van der Waals surface area contributed by atoms with Crippen LogP contribution in [0.25, 0.3) is 0 Å². The summed E-state index contributed by atoms with van der Waals surface area (Å²) in [6, 6.07) is 0. The third kappa shape index (κ3) is 4.10. The van der Waals surface area contributed by atoms with Gasteiger partial charge in [-0.15, -0.1) is 0 Å². The van der Waals surface area contributed by atoms with Crippen molar-refractivity contribution in [3.05, 3.63) is 17.0 Å². The molecule has 0 aliphatic carbocycles.